The van der Waals surface area contributed by atoms with Crippen LogP contribution < -0.4 is 0 Å². The Morgan fingerprint density at radius 2 is 1.87 bits per heavy atom. The molecule has 0 aromatic carbocycles. The summed E-state index contributed by atoms with van der Waals surface area (Å²) < 4.78 is 9.32. The molecule has 0 aliphatic heterocycles. The first-order chi connectivity index (χ1) is 7.10. The van der Waals surface area contributed by atoms with Gasteiger partial charge in [0.15, 0.2) is 0 Å². The molecule has 0 bridgehead atoms. The highest BCUT2D eigenvalue weighted by molar-refractivity contribution is 5.96. The van der Waals surface area contributed by atoms with Gasteiger partial charge >= 0.3 is 11.9 Å². The predicted molar refractivity (Wildman–Crippen MR) is 56.1 cm³/mol. The molecule has 0 rings (SSSR count). The third kappa shape index (κ3) is 7.64. The van der Waals surface area contributed by atoms with Crippen molar-refractivity contribution in [1.82, 2.24) is 0 Å². The Labute approximate surface area is 89.6 Å². The molecule has 4 heteroatoms. The van der Waals surface area contributed by atoms with Gasteiger partial charge in [0, 0.05) is 19.3 Å². The molecular formula is C11H16O4. The fourth-order valence-electron chi connectivity index (χ4n) is 0.674. The second-order valence-electron chi connectivity index (χ2n) is 2.85. The van der Waals surface area contributed by atoms with Crippen molar-refractivity contribution in [2.75, 3.05) is 7.11 Å². The molecule has 0 aromatic heterocycles. The van der Waals surface area contributed by atoms with Crippen LogP contribution >= 0.6 is 0 Å². The predicted octanol–water partition coefficient (Wildman–Crippen LogP) is 1.61. The van der Waals surface area contributed by atoms with Crippen molar-refractivity contribution < 1.29 is 19.1 Å². The Balaban J connectivity index is 3.98. The molecule has 0 aromatic rings. The zero-order valence-corrected chi connectivity index (χ0v) is 9.23. The van der Waals surface area contributed by atoms with Crippen molar-refractivity contribution >= 4 is 11.9 Å². The third-order valence-corrected chi connectivity index (χ3v) is 1.57. The topological polar surface area (TPSA) is 52.6 Å². The molecule has 0 heterocycles. The van der Waals surface area contributed by atoms with Crippen LogP contribution in [-0.4, -0.2) is 25.2 Å². The largest absolute Gasteiger partial charge is 0.387 e. The molecule has 0 N–H and O–H groups in total. The van der Waals surface area contributed by atoms with E-state index in [4.69, 9.17) is 4.74 Å². The minimum atomic E-state index is -0.690. The molecule has 4 nitrogen and oxygen atoms in total. The van der Waals surface area contributed by atoms with Crippen molar-refractivity contribution in [3.05, 3.63) is 24.3 Å². The van der Waals surface area contributed by atoms with E-state index in [0.717, 1.165) is 6.42 Å². The number of carbonyl (C=O) groups is 2. The average molecular weight is 212 g/mol. The second-order valence-corrected chi connectivity index (χ2v) is 2.85. The molecule has 15 heavy (non-hydrogen) atoms. The normalized spacial score (nSPS) is 13.3. The molecule has 0 fully saturated rings. The van der Waals surface area contributed by atoms with Crippen LogP contribution in [0.1, 0.15) is 20.3 Å². The summed E-state index contributed by atoms with van der Waals surface area (Å²) in [6.07, 6.45) is 6.08. The molecule has 84 valence electrons. The van der Waals surface area contributed by atoms with Crippen LogP contribution in [0.3, 0.4) is 0 Å². The fourth-order valence-corrected chi connectivity index (χ4v) is 0.674. The van der Waals surface area contributed by atoms with Gasteiger partial charge in [0.05, 0.1) is 6.10 Å². The van der Waals surface area contributed by atoms with Crippen molar-refractivity contribution in [3.8, 4) is 0 Å². The summed E-state index contributed by atoms with van der Waals surface area (Å²) in [6.45, 7) is 3.65. The van der Waals surface area contributed by atoms with Crippen LogP contribution in [0, 0.1) is 0 Å². The van der Waals surface area contributed by atoms with E-state index < -0.39 is 11.9 Å². The number of rotatable bonds is 5. The van der Waals surface area contributed by atoms with Crippen LogP contribution in [0.15, 0.2) is 24.3 Å². The lowest BCUT2D eigenvalue weighted by atomic mass is 10.3. The van der Waals surface area contributed by atoms with Crippen LogP contribution in [0.2, 0.25) is 0 Å². The highest BCUT2D eigenvalue weighted by Gasteiger charge is 2.03. The van der Waals surface area contributed by atoms with E-state index in [0.29, 0.717) is 0 Å². The van der Waals surface area contributed by atoms with Gasteiger partial charge in [-0.15, -0.1) is 0 Å². The van der Waals surface area contributed by atoms with Gasteiger partial charge < -0.3 is 9.47 Å². The van der Waals surface area contributed by atoms with Crippen LogP contribution in [0.4, 0.5) is 0 Å². The minimum absolute atomic E-state index is 0.182. The lowest BCUT2D eigenvalue weighted by Gasteiger charge is -2.00. The second kappa shape index (κ2) is 7.94. The van der Waals surface area contributed by atoms with Gasteiger partial charge in [0.1, 0.15) is 0 Å². The van der Waals surface area contributed by atoms with Gasteiger partial charge in [-0.2, -0.15) is 0 Å². The minimum Gasteiger partial charge on any atom is -0.387 e. The number of esters is 2. The maximum atomic E-state index is 11.0. The van der Waals surface area contributed by atoms with Gasteiger partial charge in [0.2, 0.25) is 0 Å². The smallest absolute Gasteiger partial charge is 0.338 e. The Bertz CT molecular complexity index is 266. The number of hydrogen-bond acceptors (Lipinski definition) is 4. The van der Waals surface area contributed by atoms with Gasteiger partial charge in [-0.25, -0.2) is 9.59 Å². The Kier molecular flexibility index (Phi) is 7.18. The number of allylic oxidation sites excluding steroid dienone is 1. The van der Waals surface area contributed by atoms with Gasteiger partial charge in [0.25, 0.3) is 0 Å². The zero-order chi connectivity index (χ0) is 11.7. The number of carbonyl (C=O) groups excluding carboxylic acids is 2. The number of hydrogen-bond donors (Lipinski definition) is 0. The monoisotopic (exact) mass is 212 g/mol. The van der Waals surface area contributed by atoms with Crippen molar-refractivity contribution in [1.29, 1.82) is 0 Å². The van der Waals surface area contributed by atoms with E-state index in [9.17, 15) is 9.59 Å². The quantitative estimate of drug-likeness (QED) is 0.394. The molecule has 0 radical (unpaired) electrons. The van der Waals surface area contributed by atoms with Crippen LogP contribution in [0.25, 0.3) is 0 Å². The third-order valence-electron chi connectivity index (χ3n) is 1.57. The summed E-state index contributed by atoms with van der Waals surface area (Å²) in [5.74, 6) is -1.35. The molecule has 1 atom stereocenters. The first-order valence-electron chi connectivity index (χ1n) is 4.73. The van der Waals surface area contributed by atoms with Crippen LogP contribution in [-0.2, 0) is 19.1 Å². The maximum Gasteiger partial charge on any atom is 0.338 e. The summed E-state index contributed by atoms with van der Waals surface area (Å²) in [5.41, 5.74) is 0. The number of ether oxygens (including phenoxy) is 2. The zero-order valence-electron chi connectivity index (χ0n) is 9.23. The molecule has 0 aliphatic rings. The van der Waals surface area contributed by atoms with E-state index in [2.05, 4.69) is 4.74 Å². The van der Waals surface area contributed by atoms with Crippen molar-refractivity contribution in [3.63, 3.8) is 0 Å². The van der Waals surface area contributed by atoms with Gasteiger partial charge in [-0.3, -0.25) is 0 Å². The highest BCUT2D eigenvalue weighted by atomic mass is 16.6. The standard InChI is InChI=1S/C11H16O4/c1-4-5-6-10(12)15-11(13)8-7-9(2)14-3/h5-9H,4H2,1-3H3. The van der Waals surface area contributed by atoms with E-state index >= 15 is 0 Å². The SMILES string of the molecule is CCC=CC(=O)OC(=O)C=CC(C)OC. The highest BCUT2D eigenvalue weighted by Crippen LogP contribution is 1.92. The van der Waals surface area contributed by atoms with Gasteiger partial charge in [-0.05, 0) is 19.4 Å². The summed E-state index contributed by atoms with van der Waals surface area (Å²) in [4.78, 5) is 21.9. The first kappa shape index (κ1) is 13.6. The first-order valence-corrected chi connectivity index (χ1v) is 4.73. The maximum absolute atomic E-state index is 11.0. The summed E-state index contributed by atoms with van der Waals surface area (Å²) in [7, 11) is 1.52. The van der Waals surface area contributed by atoms with Crippen LogP contribution in [0.5, 0.6) is 0 Å². The summed E-state index contributed by atoms with van der Waals surface area (Å²) in [5, 5.41) is 0. The molecular weight excluding hydrogens is 196 g/mol. The molecule has 0 amide bonds. The van der Waals surface area contributed by atoms with E-state index in [1.165, 1.54) is 25.3 Å². The van der Waals surface area contributed by atoms with E-state index in [1.54, 1.807) is 13.0 Å². The Morgan fingerprint density at radius 1 is 1.27 bits per heavy atom. The molecule has 0 spiro atoms. The summed E-state index contributed by atoms with van der Waals surface area (Å²) in [6, 6.07) is 0. The molecule has 0 saturated heterocycles. The lowest BCUT2D eigenvalue weighted by Crippen LogP contribution is -2.08. The molecule has 1 unspecified atom stereocenters. The summed E-state index contributed by atoms with van der Waals surface area (Å²) >= 11 is 0. The average Bonchev–Trinajstić information content (AvgIpc) is 2.22. The van der Waals surface area contributed by atoms with Gasteiger partial charge in [-0.1, -0.05) is 13.0 Å². The lowest BCUT2D eigenvalue weighted by molar-refractivity contribution is -0.152. The molecule has 0 saturated carbocycles. The van der Waals surface area contributed by atoms with E-state index in [1.807, 2.05) is 6.92 Å². The Hall–Kier alpha value is -1.42. The number of methoxy groups -OCH3 is 1. The Morgan fingerprint density at radius 3 is 2.40 bits per heavy atom. The van der Waals surface area contributed by atoms with Crippen molar-refractivity contribution in [2.24, 2.45) is 0 Å². The van der Waals surface area contributed by atoms with E-state index in [-0.39, 0.29) is 6.10 Å². The fraction of sp³-hybridized carbons (Fsp3) is 0.455. The van der Waals surface area contributed by atoms with Crippen molar-refractivity contribution in [2.45, 2.75) is 26.4 Å². The molecule has 0 aliphatic carbocycles.